The normalized spacial score (nSPS) is 13.7. The van der Waals surface area contributed by atoms with Crippen molar-refractivity contribution in [2.45, 2.75) is 59.1 Å². The Morgan fingerprint density at radius 2 is 1.78 bits per heavy atom. The van der Waals surface area contributed by atoms with Crippen molar-refractivity contribution >= 4 is 0 Å². The molecule has 0 spiro atoms. The highest BCUT2D eigenvalue weighted by Gasteiger charge is 2.35. The van der Waals surface area contributed by atoms with E-state index >= 15 is 0 Å². The minimum atomic E-state index is -0.243. The zero-order valence-electron chi connectivity index (χ0n) is 12.4. The Hall–Kier alpha value is -0.860. The van der Waals surface area contributed by atoms with Crippen LogP contribution >= 0.6 is 0 Å². The first-order valence-electron chi connectivity index (χ1n) is 6.97. The minimum Gasteiger partial charge on any atom is -0.373 e. The van der Waals surface area contributed by atoms with Crippen LogP contribution in [-0.2, 0) is 4.74 Å². The largest absolute Gasteiger partial charge is 0.373 e. The molecule has 0 aromatic heterocycles. The van der Waals surface area contributed by atoms with Gasteiger partial charge < -0.3 is 10.5 Å². The van der Waals surface area contributed by atoms with E-state index < -0.39 is 0 Å². The van der Waals surface area contributed by atoms with Crippen molar-refractivity contribution in [2.24, 2.45) is 5.73 Å². The molecule has 0 aliphatic rings. The van der Waals surface area contributed by atoms with Gasteiger partial charge in [-0.05, 0) is 44.7 Å². The second-order valence-corrected chi connectivity index (χ2v) is 5.04. The number of nitrogens with two attached hydrogens (primary N) is 1. The third-order valence-corrected chi connectivity index (χ3v) is 3.97. The molecule has 1 rings (SSSR count). The summed E-state index contributed by atoms with van der Waals surface area (Å²) in [6.45, 7) is 11.3. The lowest BCUT2D eigenvalue weighted by Crippen LogP contribution is -2.43. The molecule has 0 saturated heterocycles. The Kier molecular flexibility index (Phi) is 5.36. The highest BCUT2D eigenvalue weighted by atomic mass is 16.5. The molecule has 0 heterocycles. The van der Waals surface area contributed by atoms with Crippen molar-refractivity contribution in [3.8, 4) is 0 Å². The smallest absolute Gasteiger partial charge is 0.0868 e. The lowest BCUT2D eigenvalue weighted by Gasteiger charge is -2.38. The van der Waals surface area contributed by atoms with Crippen molar-refractivity contribution in [3.05, 3.63) is 34.9 Å². The van der Waals surface area contributed by atoms with E-state index in [1.165, 1.54) is 16.7 Å². The molecule has 1 unspecified atom stereocenters. The van der Waals surface area contributed by atoms with Crippen LogP contribution in [0.3, 0.4) is 0 Å². The van der Waals surface area contributed by atoms with E-state index in [0.717, 1.165) is 12.8 Å². The first-order valence-corrected chi connectivity index (χ1v) is 6.97. The fourth-order valence-corrected chi connectivity index (χ4v) is 2.65. The van der Waals surface area contributed by atoms with Gasteiger partial charge in [-0.25, -0.2) is 0 Å². The number of benzene rings is 1. The van der Waals surface area contributed by atoms with Gasteiger partial charge in [0.25, 0.3) is 0 Å². The third-order valence-electron chi connectivity index (χ3n) is 3.97. The Balaban J connectivity index is 3.16. The van der Waals surface area contributed by atoms with Crippen LogP contribution in [0, 0.1) is 13.8 Å². The van der Waals surface area contributed by atoms with Crippen LogP contribution < -0.4 is 5.73 Å². The number of rotatable bonds is 6. The number of hydrogen-bond donors (Lipinski definition) is 1. The van der Waals surface area contributed by atoms with E-state index in [9.17, 15) is 0 Å². The van der Waals surface area contributed by atoms with E-state index in [1.54, 1.807) is 0 Å². The quantitative estimate of drug-likeness (QED) is 0.830. The molecule has 1 aromatic carbocycles. The van der Waals surface area contributed by atoms with Gasteiger partial charge in [0.05, 0.1) is 11.6 Å². The maximum Gasteiger partial charge on any atom is 0.0868 e. The molecule has 0 bridgehead atoms. The summed E-state index contributed by atoms with van der Waals surface area (Å²) in [6.07, 6.45) is 1.87. The van der Waals surface area contributed by atoms with Crippen LogP contribution in [0.5, 0.6) is 0 Å². The lowest BCUT2D eigenvalue weighted by molar-refractivity contribution is -0.0647. The summed E-state index contributed by atoms with van der Waals surface area (Å²) in [5, 5.41) is 0. The Morgan fingerprint density at radius 1 is 1.17 bits per heavy atom. The van der Waals surface area contributed by atoms with Crippen LogP contribution in [0.15, 0.2) is 18.2 Å². The van der Waals surface area contributed by atoms with E-state index in [0.29, 0.717) is 6.61 Å². The highest BCUT2D eigenvalue weighted by molar-refractivity contribution is 5.34. The van der Waals surface area contributed by atoms with Gasteiger partial charge in [0.15, 0.2) is 0 Å². The van der Waals surface area contributed by atoms with E-state index in [2.05, 4.69) is 45.9 Å². The molecular weight excluding hydrogens is 222 g/mol. The number of aryl methyl sites for hydroxylation is 2. The fraction of sp³-hybridized carbons (Fsp3) is 0.625. The number of hydrogen-bond acceptors (Lipinski definition) is 2. The zero-order chi connectivity index (χ0) is 13.8. The van der Waals surface area contributed by atoms with Gasteiger partial charge >= 0.3 is 0 Å². The summed E-state index contributed by atoms with van der Waals surface area (Å²) in [7, 11) is 0. The summed E-state index contributed by atoms with van der Waals surface area (Å²) in [4.78, 5) is 0. The van der Waals surface area contributed by atoms with Gasteiger partial charge in [0.1, 0.15) is 0 Å². The first kappa shape index (κ1) is 15.2. The van der Waals surface area contributed by atoms with E-state index in [-0.39, 0.29) is 11.6 Å². The number of ether oxygens (including phenoxy) is 1. The average molecular weight is 249 g/mol. The molecule has 1 atom stereocenters. The summed E-state index contributed by atoms with van der Waals surface area (Å²) < 4.78 is 6.01. The molecule has 0 saturated carbocycles. The van der Waals surface area contributed by atoms with Crippen molar-refractivity contribution in [3.63, 3.8) is 0 Å². The molecule has 2 N–H and O–H groups in total. The van der Waals surface area contributed by atoms with Gasteiger partial charge in [-0.2, -0.15) is 0 Å². The standard InChI is InChI=1S/C16H27NO/c1-6-16(7-2,18-8-3)15(17)14-11-12(4)9-10-13(14)5/h9-11,15H,6-8,17H2,1-5H3. The molecular formula is C16H27NO. The SMILES string of the molecule is CCOC(CC)(CC)C(N)c1cc(C)ccc1C. The molecule has 0 radical (unpaired) electrons. The van der Waals surface area contributed by atoms with Crippen molar-refractivity contribution < 1.29 is 4.74 Å². The Bertz CT molecular complexity index is 383. The van der Waals surface area contributed by atoms with Gasteiger partial charge in [0, 0.05) is 6.61 Å². The monoisotopic (exact) mass is 249 g/mol. The molecule has 0 fully saturated rings. The average Bonchev–Trinajstić information content (AvgIpc) is 2.38. The molecule has 0 amide bonds. The van der Waals surface area contributed by atoms with E-state index in [4.69, 9.17) is 10.5 Å². The summed E-state index contributed by atoms with van der Waals surface area (Å²) in [5.41, 5.74) is 10.0. The molecule has 2 heteroatoms. The van der Waals surface area contributed by atoms with Crippen molar-refractivity contribution in [2.75, 3.05) is 6.61 Å². The van der Waals surface area contributed by atoms with Crippen LogP contribution in [0.1, 0.15) is 56.3 Å². The summed E-state index contributed by atoms with van der Waals surface area (Å²) in [5.74, 6) is 0. The van der Waals surface area contributed by atoms with Crippen molar-refractivity contribution in [1.82, 2.24) is 0 Å². The topological polar surface area (TPSA) is 35.2 Å². The minimum absolute atomic E-state index is 0.0626. The molecule has 0 aliphatic heterocycles. The van der Waals surface area contributed by atoms with Crippen LogP contribution in [0.25, 0.3) is 0 Å². The summed E-state index contributed by atoms with van der Waals surface area (Å²) >= 11 is 0. The Morgan fingerprint density at radius 3 is 2.28 bits per heavy atom. The predicted octanol–water partition coefficient (Wildman–Crippen LogP) is 3.90. The van der Waals surface area contributed by atoms with Gasteiger partial charge in [-0.15, -0.1) is 0 Å². The maximum atomic E-state index is 6.53. The maximum absolute atomic E-state index is 6.53. The van der Waals surface area contributed by atoms with Gasteiger partial charge in [0.2, 0.25) is 0 Å². The second kappa shape index (κ2) is 6.35. The highest BCUT2D eigenvalue weighted by Crippen LogP contribution is 2.35. The van der Waals surface area contributed by atoms with E-state index in [1.807, 2.05) is 6.92 Å². The lowest BCUT2D eigenvalue weighted by atomic mass is 9.82. The fourth-order valence-electron chi connectivity index (χ4n) is 2.65. The molecule has 18 heavy (non-hydrogen) atoms. The van der Waals surface area contributed by atoms with Crippen molar-refractivity contribution in [1.29, 1.82) is 0 Å². The molecule has 1 aromatic rings. The van der Waals surface area contributed by atoms with Gasteiger partial charge in [-0.3, -0.25) is 0 Å². The third kappa shape index (κ3) is 2.93. The molecule has 2 nitrogen and oxygen atoms in total. The predicted molar refractivity (Wildman–Crippen MR) is 77.8 cm³/mol. The van der Waals surface area contributed by atoms with Crippen LogP contribution in [0.2, 0.25) is 0 Å². The molecule has 0 aliphatic carbocycles. The first-order chi connectivity index (χ1) is 8.50. The molecule has 102 valence electrons. The Labute approximate surface area is 112 Å². The van der Waals surface area contributed by atoms with Crippen LogP contribution in [0.4, 0.5) is 0 Å². The summed E-state index contributed by atoms with van der Waals surface area (Å²) in [6, 6.07) is 6.41. The zero-order valence-corrected chi connectivity index (χ0v) is 12.4. The van der Waals surface area contributed by atoms with Gasteiger partial charge in [-0.1, -0.05) is 37.6 Å². The van der Waals surface area contributed by atoms with Crippen LogP contribution in [-0.4, -0.2) is 12.2 Å². The second-order valence-electron chi connectivity index (χ2n) is 5.04.